The van der Waals surface area contributed by atoms with Gasteiger partial charge >= 0.3 is 12.1 Å². The third kappa shape index (κ3) is 4.55. The molecule has 0 spiro atoms. The zero-order valence-electron chi connectivity index (χ0n) is 11.8. The predicted octanol–water partition coefficient (Wildman–Crippen LogP) is 3.22. The number of ether oxygens (including phenoxy) is 1. The summed E-state index contributed by atoms with van der Waals surface area (Å²) < 4.78 is 4.96. The average molecular weight is 285 g/mol. The minimum Gasteiger partial charge on any atom is -0.442 e. The first kappa shape index (κ1) is 15.5. The van der Waals surface area contributed by atoms with Crippen molar-refractivity contribution in [3.8, 4) is 0 Å². The summed E-state index contributed by atoms with van der Waals surface area (Å²) in [5.74, 6) is -0.577. The zero-order chi connectivity index (χ0) is 14.6. The van der Waals surface area contributed by atoms with E-state index in [4.69, 9.17) is 9.57 Å². The molecule has 5 nitrogen and oxygen atoms in total. The highest BCUT2D eigenvalue weighted by Gasteiger charge is 2.20. The fourth-order valence-corrected chi connectivity index (χ4v) is 2.46. The van der Waals surface area contributed by atoms with Crippen molar-refractivity contribution in [3.05, 3.63) is 21.4 Å². The molecule has 0 aromatic carbocycles. The van der Waals surface area contributed by atoms with Crippen LogP contribution in [0.3, 0.4) is 0 Å². The Kier molecular flexibility index (Phi) is 4.94. The summed E-state index contributed by atoms with van der Waals surface area (Å²) in [6.07, 6.45) is -0.0440. The van der Waals surface area contributed by atoms with Crippen molar-refractivity contribution in [2.75, 3.05) is 0 Å². The van der Waals surface area contributed by atoms with Crippen LogP contribution in [0, 0.1) is 6.92 Å². The van der Waals surface area contributed by atoms with Crippen LogP contribution < -0.4 is 5.48 Å². The third-order valence-corrected chi connectivity index (χ3v) is 3.26. The quantitative estimate of drug-likeness (QED) is 0.847. The highest BCUT2D eigenvalue weighted by atomic mass is 32.1. The topological polar surface area (TPSA) is 64.6 Å². The van der Waals surface area contributed by atoms with E-state index in [1.165, 1.54) is 11.3 Å². The van der Waals surface area contributed by atoms with Crippen molar-refractivity contribution in [1.29, 1.82) is 0 Å². The maximum atomic E-state index is 11.8. The standard InChI is InChI=1S/C13H19NO4S/c1-6-9-8(2)19-7-10(9)11(15)18-14-12(16)17-13(3,4)5/h7H,6H2,1-5H3,(H,14,16). The van der Waals surface area contributed by atoms with Crippen LogP contribution in [0.2, 0.25) is 0 Å². The number of thiophene rings is 1. The molecule has 0 saturated carbocycles. The van der Waals surface area contributed by atoms with Gasteiger partial charge in [0.2, 0.25) is 0 Å². The predicted molar refractivity (Wildman–Crippen MR) is 73.2 cm³/mol. The first-order chi connectivity index (χ1) is 8.74. The van der Waals surface area contributed by atoms with Crippen molar-refractivity contribution >= 4 is 23.4 Å². The lowest BCUT2D eigenvalue weighted by Crippen LogP contribution is -2.34. The number of aryl methyl sites for hydroxylation is 1. The molecule has 0 aliphatic heterocycles. The molecule has 1 aromatic heterocycles. The van der Waals surface area contributed by atoms with Crippen molar-refractivity contribution in [2.45, 2.75) is 46.6 Å². The first-order valence-electron chi connectivity index (χ1n) is 6.01. The van der Waals surface area contributed by atoms with Gasteiger partial charge in [-0.15, -0.1) is 16.8 Å². The van der Waals surface area contributed by atoms with Crippen molar-refractivity contribution in [1.82, 2.24) is 5.48 Å². The van der Waals surface area contributed by atoms with Crippen molar-refractivity contribution < 1.29 is 19.2 Å². The monoisotopic (exact) mass is 285 g/mol. The molecule has 106 valence electrons. The van der Waals surface area contributed by atoms with Crippen LogP contribution in [-0.2, 0) is 16.0 Å². The van der Waals surface area contributed by atoms with E-state index < -0.39 is 17.7 Å². The normalized spacial score (nSPS) is 11.0. The molecular weight excluding hydrogens is 266 g/mol. The van der Waals surface area contributed by atoms with Gasteiger partial charge in [0.15, 0.2) is 0 Å². The third-order valence-electron chi connectivity index (χ3n) is 2.30. The Bertz CT molecular complexity index is 473. The second kappa shape index (κ2) is 6.06. The number of nitrogens with one attached hydrogen (secondary N) is 1. The van der Waals surface area contributed by atoms with Crippen LogP contribution in [0.15, 0.2) is 5.38 Å². The number of hydrogen-bond donors (Lipinski definition) is 1. The molecule has 0 fully saturated rings. The highest BCUT2D eigenvalue weighted by Crippen LogP contribution is 2.22. The van der Waals surface area contributed by atoms with E-state index in [1.807, 2.05) is 19.3 Å². The zero-order valence-corrected chi connectivity index (χ0v) is 12.6. The molecule has 0 bridgehead atoms. The highest BCUT2D eigenvalue weighted by molar-refractivity contribution is 7.10. The Balaban J connectivity index is 2.59. The van der Waals surface area contributed by atoms with E-state index in [-0.39, 0.29) is 0 Å². The van der Waals surface area contributed by atoms with Gasteiger partial charge in [0.1, 0.15) is 5.60 Å². The summed E-state index contributed by atoms with van der Waals surface area (Å²) in [7, 11) is 0. The summed E-state index contributed by atoms with van der Waals surface area (Å²) >= 11 is 1.48. The summed E-state index contributed by atoms with van der Waals surface area (Å²) in [5, 5.41) is 1.73. The van der Waals surface area contributed by atoms with Gasteiger partial charge in [-0.3, -0.25) is 0 Å². The summed E-state index contributed by atoms with van der Waals surface area (Å²) in [5.41, 5.74) is 2.79. The van der Waals surface area contributed by atoms with Crippen LogP contribution in [0.5, 0.6) is 0 Å². The second-order valence-electron chi connectivity index (χ2n) is 5.03. The average Bonchev–Trinajstić information content (AvgIpc) is 2.65. The van der Waals surface area contributed by atoms with Crippen LogP contribution in [-0.4, -0.2) is 17.7 Å². The minimum atomic E-state index is -0.786. The fraction of sp³-hybridized carbons (Fsp3) is 0.538. The lowest BCUT2D eigenvalue weighted by atomic mass is 10.1. The lowest BCUT2D eigenvalue weighted by Gasteiger charge is -2.19. The lowest BCUT2D eigenvalue weighted by molar-refractivity contribution is -0.00133. The molecule has 0 saturated heterocycles. The van der Waals surface area contributed by atoms with Gasteiger partial charge < -0.3 is 9.57 Å². The molecule has 0 aliphatic rings. The summed E-state index contributed by atoms with van der Waals surface area (Å²) in [6, 6.07) is 0. The molecule has 0 atom stereocenters. The maximum absolute atomic E-state index is 11.8. The van der Waals surface area contributed by atoms with E-state index in [0.29, 0.717) is 5.56 Å². The Morgan fingerprint density at radius 2 is 2.00 bits per heavy atom. The van der Waals surface area contributed by atoms with Gasteiger partial charge in [-0.2, -0.15) is 0 Å². The second-order valence-corrected chi connectivity index (χ2v) is 6.11. The summed E-state index contributed by atoms with van der Waals surface area (Å²) in [6.45, 7) is 9.10. The van der Waals surface area contributed by atoms with Gasteiger partial charge in [-0.1, -0.05) is 6.92 Å². The number of carbonyl (C=O) groups excluding carboxylic acids is 2. The van der Waals surface area contributed by atoms with Crippen molar-refractivity contribution in [3.63, 3.8) is 0 Å². The molecule has 6 heteroatoms. The van der Waals surface area contributed by atoms with E-state index in [9.17, 15) is 9.59 Å². The summed E-state index contributed by atoms with van der Waals surface area (Å²) in [4.78, 5) is 29.0. The molecule has 19 heavy (non-hydrogen) atoms. The number of hydroxylamine groups is 1. The Labute approximate surface area is 116 Å². The molecule has 1 heterocycles. The van der Waals surface area contributed by atoms with E-state index >= 15 is 0 Å². The maximum Gasteiger partial charge on any atom is 0.441 e. The SMILES string of the molecule is CCc1c(C(=O)ONC(=O)OC(C)(C)C)csc1C. The molecule has 1 rings (SSSR count). The van der Waals surface area contributed by atoms with E-state index in [2.05, 4.69) is 0 Å². The molecule has 0 radical (unpaired) electrons. The van der Waals surface area contributed by atoms with E-state index in [0.717, 1.165) is 16.9 Å². The van der Waals surface area contributed by atoms with Crippen LogP contribution >= 0.6 is 11.3 Å². The number of rotatable bonds is 2. The van der Waals surface area contributed by atoms with E-state index in [1.54, 1.807) is 26.2 Å². The van der Waals surface area contributed by atoms with Gasteiger partial charge in [0, 0.05) is 10.3 Å². The van der Waals surface area contributed by atoms with Gasteiger partial charge in [0.05, 0.1) is 5.56 Å². The Morgan fingerprint density at radius 1 is 1.37 bits per heavy atom. The molecule has 1 aromatic rings. The Morgan fingerprint density at radius 3 is 2.53 bits per heavy atom. The number of hydrogen-bond acceptors (Lipinski definition) is 5. The van der Waals surface area contributed by atoms with Gasteiger partial charge in [-0.05, 0) is 39.7 Å². The van der Waals surface area contributed by atoms with Gasteiger partial charge in [-0.25, -0.2) is 9.59 Å². The number of amides is 1. The smallest absolute Gasteiger partial charge is 0.441 e. The molecule has 0 unspecified atom stereocenters. The largest absolute Gasteiger partial charge is 0.442 e. The van der Waals surface area contributed by atoms with Crippen LogP contribution in [0.1, 0.15) is 48.5 Å². The fourth-order valence-electron chi connectivity index (χ4n) is 1.53. The number of carbonyl (C=O) groups is 2. The molecule has 1 amide bonds. The Hall–Kier alpha value is -1.56. The van der Waals surface area contributed by atoms with Crippen molar-refractivity contribution in [2.24, 2.45) is 0 Å². The molecular formula is C13H19NO4S. The first-order valence-corrected chi connectivity index (χ1v) is 6.89. The minimum absolute atomic E-state index is 0.487. The van der Waals surface area contributed by atoms with Crippen LogP contribution in [0.25, 0.3) is 0 Å². The van der Waals surface area contributed by atoms with Gasteiger partial charge in [0.25, 0.3) is 0 Å². The molecule has 1 N–H and O–H groups in total. The molecule has 0 aliphatic carbocycles. The van der Waals surface area contributed by atoms with Crippen LogP contribution in [0.4, 0.5) is 4.79 Å².